The Morgan fingerprint density at radius 2 is 0.829 bits per heavy atom. The summed E-state index contributed by atoms with van der Waals surface area (Å²) in [6, 6.07) is 10.4. The fraction of sp³-hybridized carbons (Fsp3) is 0.250. The summed E-state index contributed by atoms with van der Waals surface area (Å²) >= 11 is 0. The Balaban J connectivity index is 0.00000588. The zero-order valence-corrected chi connectivity index (χ0v) is 24.3. The van der Waals surface area contributed by atoms with Gasteiger partial charge in [0.1, 0.15) is 17.1 Å². The van der Waals surface area contributed by atoms with E-state index in [2.05, 4.69) is 16.0 Å². The van der Waals surface area contributed by atoms with Crippen LogP contribution in [0.3, 0.4) is 0 Å². The van der Waals surface area contributed by atoms with Gasteiger partial charge in [0.15, 0.2) is 0 Å². The summed E-state index contributed by atoms with van der Waals surface area (Å²) in [6.07, 6.45) is 0. The van der Waals surface area contributed by atoms with Gasteiger partial charge in [0.05, 0.1) is 0 Å². The summed E-state index contributed by atoms with van der Waals surface area (Å²) in [5.41, 5.74) is -3.87. The topological polar surface area (TPSA) is 226 Å². The van der Waals surface area contributed by atoms with Crippen LogP contribution in [-0.4, -0.2) is 76.1 Å². The van der Waals surface area contributed by atoms with Crippen molar-refractivity contribution in [3.05, 3.63) is 118 Å². The van der Waals surface area contributed by atoms with Gasteiger partial charge in [-0.05, 0) is 18.2 Å². The average molecular weight is 643 g/mol. The first-order valence-electron chi connectivity index (χ1n) is 11.9. The van der Waals surface area contributed by atoms with Gasteiger partial charge in [0.25, 0.3) is 17.7 Å². The number of hydrogen-bond donors (Lipinski definition) is 3. The molecule has 0 radical (unpaired) electrons. The first-order valence-corrected chi connectivity index (χ1v) is 11.9. The summed E-state index contributed by atoms with van der Waals surface area (Å²) in [4.78, 5) is 73.1. The molecular formula is C24H24N7O9Y. The second-order valence-corrected chi connectivity index (χ2v) is 8.24. The molecule has 3 N–H and O–H groups in total. The SMILES string of the molecule is O=C(NCCN(CCNC(=O)c1cccc(=O)n1[O-])CCNC(=O)c1cccc(=O)n1[O-])c1cccc(=O)n1[O-].[Y+3]. The number of pyridine rings is 3. The Kier molecular flexibility index (Phi) is 12.4. The average Bonchev–Trinajstić information content (AvgIpc) is 2.92. The van der Waals surface area contributed by atoms with E-state index in [9.17, 15) is 44.4 Å². The molecule has 3 aromatic rings. The van der Waals surface area contributed by atoms with Crippen LogP contribution in [0.25, 0.3) is 0 Å². The van der Waals surface area contributed by atoms with Crippen molar-refractivity contribution in [2.24, 2.45) is 0 Å². The van der Waals surface area contributed by atoms with Crippen LogP contribution in [0.4, 0.5) is 0 Å². The zero-order chi connectivity index (χ0) is 29.2. The summed E-state index contributed by atoms with van der Waals surface area (Å²) < 4.78 is -0.135. The molecule has 41 heavy (non-hydrogen) atoms. The monoisotopic (exact) mass is 643 g/mol. The Morgan fingerprint density at radius 1 is 0.561 bits per heavy atom. The van der Waals surface area contributed by atoms with E-state index in [1.807, 2.05) is 0 Å². The standard InChI is InChI=1S/C24H24N7O9.Y/c32-19-7-1-4-16(29(19)38)22(35)25-10-13-28(14-11-26-23(36)17-5-2-8-20(33)30(17)39)15-12-27-24(37)18-6-3-9-21(34)31(18)40;/h1-9H,10-15H2,(H,25,35)(H,26,36)(H,27,37);/q-3;+3. The molecule has 0 spiro atoms. The molecule has 0 bridgehead atoms. The minimum Gasteiger partial charge on any atom is -0.803 e. The van der Waals surface area contributed by atoms with Crippen LogP contribution in [0.2, 0.25) is 0 Å². The van der Waals surface area contributed by atoms with Crippen molar-refractivity contribution in [2.75, 3.05) is 39.3 Å². The molecule has 16 nitrogen and oxygen atoms in total. The predicted octanol–water partition coefficient (Wildman–Crippen LogP) is -1.90. The maximum atomic E-state index is 12.3. The number of rotatable bonds is 12. The van der Waals surface area contributed by atoms with E-state index in [0.29, 0.717) is 0 Å². The smallest absolute Gasteiger partial charge is 0.803 e. The molecule has 212 valence electrons. The van der Waals surface area contributed by atoms with E-state index in [1.165, 1.54) is 36.4 Å². The summed E-state index contributed by atoms with van der Waals surface area (Å²) in [5.74, 6) is -2.36. The van der Waals surface area contributed by atoms with Crippen LogP contribution in [0.1, 0.15) is 31.5 Å². The molecule has 3 amide bonds. The van der Waals surface area contributed by atoms with Crippen LogP contribution in [0, 0.1) is 15.6 Å². The molecular weight excluding hydrogens is 619 g/mol. The van der Waals surface area contributed by atoms with E-state index in [4.69, 9.17) is 0 Å². The molecule has 0 atom stereocenters. The van der Waals surface area contributed by atoms with Gasteiger partial charge in [-0.2, -0.15) is 0 Å². The third kappa shape index (κ3) is 8.86. The minimum absolute atomic E-state index is 0. The van der Waals surface area contributed by atoms with Gasteiger partial charge in [-0.25, -0.2) is 0 Å². The number of nitrogens with zero attached hydrogens (tertiary/aromatic N) is 4. The molecule has 17 heteroatoms. The summed E-state index contributed by atoms with van der Waals surface area (Å²) in [5, 5.41) is 42.9. The van der Waals surface area contributed by atoms with Gasteiger partial charge in [-0.3, -0.25) is 33.7 Å². The molecule has 0 aliphatic rings. The zero-order valence-electron chi connectivity index (χ0n) is 21.5. The fourth-order valence-electron chi connectivity index (χ4n) is 3.52. The van der Waals surface area contributed by atoms with E-state index in [1.54, 1.807) is 4.90 Å². The van der Waals surface area contributed by atoms with Gasteiger partial charge in [-0.1, -0.05) is 18.2 Å². The van der Waals surface area contributed by atoms with Gasteiger partial charge < -0.3 is 45.8 Å². The van der Waals surface area contributed by atoms with E-state index >= 15 is 0 Å². The molecule has 3 heterocycles. The normalized spacial score (nSPS) is 10.5. The number of nitrogens with one attached hydrogen (secondary N) is 3. The van der Waals surface area contributed by atoms with Crippen LogP contribution in [0.15, 0.2) is 69.0 Å². The summed E-state index contributed by atoms with van der Waals surface area (Å²) in [7, 11) is 0. The van der Waals surface area contributed by atoms with Crippen molar-refractivity contribution in [3.63, 3.8) is 0 Å². The van der Waals surface area contributed by atoms with E-state index < -0.39 is 51.5 Å². The van der Waals surface area contributed by atoms with Crippen molar-refractivity contribution >= 4 is 17.7 Å². The first kappa shape index (κ1) is 32.9. The molecule has 0 aliphatic heterocycles. The molecule has 0 saturated heterocycles. The van der Waals surface area contributed by atoms with Crippen LogP contribution in [-0.2, 0) is 32.7 Å². The molecule has 0 aromatic carbocycles. The van der Waals surface area contributed by atoms with Crippen LogP contribution in [0.5, 0.6) is 0 Å². The largest absolute Gasteiger partial charge is 3.00 e. The maximum absolute atomic E-state index is 12.3. The van der Waals surface area contributed by atoms with Crippen molar-refractivity contribution in [1.82, 2.24) is 35.0 Å². The van der Waals surface area contributed by atoms with Gasteiger partial charge in [-0.15, -0.1) is 0 Å². The second-order valence-electron chi connectivity index (χ2n) is 8.24. The molecule has 3 rings (SSSR count). The third-order valence-electron chi connectivity index (χ3n) is 5.57. The van der Waals surface area contributed by atoms with Gasteiger partial charge >= 0.3 is 32.7 Å². The fourth-order valence-corrected chi connectivity index (χ4v) is 3.52. The molecule has 0 unspecified atom stereocenters. The molecule has 3 aromatic heterocycles. The van der Waals surface area contributed by atoms with E-state index in [0.717, 1.165) is 18.2 Å². The van der Waals surface area contributed by atoms with Gasteiger partial charge in [0, 0.05) is 57.5 Å². The number of carbonyl (C=O) groups is 3. The van der Waals surface area contributed by atoms with Gasteiger partial charge in [0.2, 0.25) is 16.7 Å². The first-order chi connectivity index (χ1) is 19.1. The molecule has 0 fully saturated rings. The quantitative estimate of drug-likeness (QED) is 0.199. The van der Waals surface area contributed by atoms with Crippen LogP contribution < -0.4 is 32.6 Å². The number of carbonyl (C=O) groups excluding carboxylic acids is 3. The Morgan fingerprint density at radius 3 is 1.10 bits per heavy atom. The molecule has 0 aliphatic carbocycles. The number of hydrogen-bond acceptors (Lipinski definition) is 10. The van der Waals surface area contributed by atoms with Crippen molar-refractivity contribution < 1.29 is 47.1 Å². The summed E-state index contributed by atoms with van der Waals surface area (Å²) in [6.45, 7) is 0.470. The van der Waals surface area contributed by atoms with Crippen LogP contribution >= 0.6 is 0 Å². The second kappa shape index (κ2) is 15.5. The Hall–Kier alpha value is -4.28. The number of amides is 3. The Labute approximate surface area is 256 Å². The Bertz CT molecular complexity index is 1380. The maximum Gasteiger partial charge on any atom is 3.00 e. The van der Waals surface area contributed by atoms with E-state index in [-0.39, 0.29) is 86.2 Å². The van der Waals surface area contributed by atoms with Crippen molar-refractivity contribution in [3.8, 4) is 0 Å². The molecule has 0 saturated carbocycles. The number of aromatic nitrogens is 3. The van der Waals surface area contributed by atoms with Crippen molar-refractivity contribution in [2.45, 2.75) is 0 Å². The third-order valence-corrected chi connectivity index (χ3v) is 5.57. The predicted molar refractivity (Wildman–Crippen MR) is 142 cm³/mol. The minimum atomic E-state index is -0.899. The van der Waals surface area contributed by atoms with Crippen molar-refractivity contribution in [1.29, 1.82) is 0 Å².